The molecule has 2 unspecified atom stereocenters. The summed E-state index contributed by atoms with van der Waals surface area (Å²) in [4.78, 5) is 22.2. The molecule has 20 heavy (non-hydrogen) atoms. The third-order valence-corrected chi connectivity index (χ3v) is 3.40. The minimum atomic E-state index is -4.42. The van der Waals surface area contributed by atoms with E-state index in [0.717, 1.165) is 19.3 Å². The standard InChI is InChI=1S/C12H19F3N2O3/c13-12(14,15)7-17-10(18)6-16-5-8-3-1-2-4-9(8)11(19)20/h8-9,16H,1-7H2,(H,17,18)(H,19,20). The highest BCUT2D eigenvalue weighted by Gasteiger charge is 2.30. The number of nitrogens with one attached hydrogen (secondary N) is 2. The zero-order chi connectivity index (χ0) is 15.2. The van der Waals surface area contributed by atoms with Crippen molar-refractivity contribution in [1.29, 1.82) is 0 Å². The molecule has 0 saturated heterocycles. The molecule has 1 saturated carbocycles. The Morgan fingerprint density at radius 3 is 2.45 bits per heavy atom. The van der Waals surface area contributed by atoms with Gasteiger partial charge in [0, 0.05) is 0 Å². The Balaban J connectivity index is 2.25. The first-order valence-corrected chi connectivity index (χ1v) is 6.56. The molecule has 0 aliphatic heterocycles. The lowest BCUT2D eigenvalue weighted by atomic mass is 9.79. The van der Waals surface area contributed by atoms with Crippen LogP contribution in [-0.4, -0.2) is 42.8 Å². The van der Waals surface area contributed by atoms with Crippen LogP contribution in [0.25, 0.3) is 0 Å². The van der Waals surface area contributed by atoms with E-state index in [1.807, 2.05) is 0 Å². The number of carbonyl (C=O) groups excluding carboxylic acids is 1. The molecule has 1 aliphatic carbocycles. The third kappa shape index (κ3) is 6.23. The zero-order valence-corrected chi connectivity index (χ0v) is 11.0. The van der Waals surface area contributed by atoms with Crippen LogP contribution in [0, 0.1) is 11.8 Å². The Kier molecular flexibility index (Phi) is 6.25. The van der Waals surface area contributed by atoms with Gasteiger partial charge < -0.3 is 15.7 Å². The van der Waals surface area contributed by atoms with Crippen LogP contribution in [0.4, 0.5) is 13.2 Å². The minimum absolute atomic E-state index is 0.0725. The number of carbonyl (C=O) groups is 2. The van der Waals surface area contributed by atoms with Gasteiger partial charge in [0.25, 0.3) is 0 Å². The minimum Gasteiger partial charge on any atom is -0.481 e. The number of halogens is 3. The van der Waals surface area contributed by atoms with Crippen LogP contribution in [0.15, 0.2) is 0 Å². The number of alkyl halides is 3. The normalized spacial score (nSPS) is 23.4. The average molecular weight is 296 g/mol. The molecule has 1 rings (SSSR count). The molecule has 1 fully saturated rings. The molecule has 0 aromatic carbocycles. The van der Waals surface area contributed by atoms with Crippen molar-refractivity contribution in [3.05, 3.63) is 0 Å². The van der Waals surface area contributed by atoms with Gasteiger partial charge in [0.1, 0.15) is 6.54 Å². The highest BCUT2D eigenvalue weighted by Crippen LogP contribution is 2.29. The molecule has 0 aromatic rings. The van der Waals surface area contributed by atoms with Crippen molar-refractivity contribution in [2.45, 2.75) is 31.9 Å². The molecule has 0 bridgehead atoms. The molecule has 0 aromatic heterocycles. The maximum Gasteiger partial charge on any atom is 0.405 e. The molecule has 8 heteroatoms. The summed E-state index contributed by atoms with van der Waals surface area (Å²) in [7, 11) is 0. The first-order chi connectivity index (χ1) is 9.29. The SMILES string of the molecule is O=C(CNCC1CCCCC1C(=O)O)NCC(F)(F)F. The van der Waals surface area contributed by atoms with Crippen molar-refractivity contribution in [1.82, 2.24) is 10.6 Å². The predicted molar refractivity (Wildman–Crippen MR) is 65.0 cm³/mol. The lowest BCUT2D eigenvalue weighted by Crippen LogP contribution is -2.42. The Labute approximate surface area is 114 Å². The van der Waals surface area contributed by atoms with Gasteiger partial charge in [0.05, 0.1) is 12.5 Å². The van der Waals surface area contributed by atoms with Crippen LogP contribution in [0.1, 0.15) is 25.7 Å². The van der Waals surface area contributed by atoms with Gasteiger partial charge in [-0.3, -0.25) is 9.59 Å². The Hall–Kier alpha value is -1.31. The fourth-order valence-electron chi connectivity index (χ4n) is 2.41. The molecule has 5 nitrogen and oxygen atoms in total. The molecule has 2 atom stereocenters. The number of hydrogen-bond donors (Lipinski definition) is 3. The van der Waals surface area contributed by atoms with E-state index in [9.17, 15) is 22.8 Å². The van der Waals surface area contributed by atoms with E-state index in [4.69, 9.17) is 5.11 Å². The van der Waals surface area contributed by atoms with Crippen molar-refractivity contribution in [2.24, 2.45) is 11.8 Å². The fraction of sp³-hybridized carbons (Fsp3) is 0.833. The van der Waals surface area contributed by atoms with Crippen LogP contribution >= 0.6 is 0 Å². The fourth-order valence-corrected chi connectivity index (χ4v) is 2.41. The maximum absolute atomic E-state index is 11.9. The smallest absolute Gasteiger partial charge is 0.405 e. The number of rotatable bonds is 6. The number of aliphatic carboxylic acids is 1. The molecule has 0 heterocycles. The summed E-state index contributed by atoms with van der Waals surface area (Å²) < 4.78 is 35.6. The van der Waals surface area contributed by atoms with Crippen molar-refractivity contribution in [2.75, 3.05) is 19.6 Å². The highest BCUT2D eigenvalue weighted by atomic mass is 19.4. The summed E-state index contributed by atoms with van der Waals surface area (Å²) in [5, 5.41) is 13.5. The first-order valence-electron chi connectivity index (χ1n) is 6.56. The van der Waals surface area contributed by atoms with E-state index >= 15 is 0 Å². The summed E-state index contributed by atoms with van der Waals surface area (Å²) in [6, 6.07) is 0. The zero-order valence-electron chi connectivity index (χ0n) is 11.0. The van der Waals surface area contributed by atoms with E-state index in [2.05, 4.69) is 5.32 Å². The molecular formula is C12H19F3N2O3. The van der Waals surface area contributed by atoms with Crippen molar-refractivity contribution in [3.8, 4) is 0 Å². The van der Waals surface area contributed by atoms with E-state index in [1.54, 1.807) is 5.32 Å². The molecule has 116 valence electrons. The van der Waals surface area contributed by atoms with Gasteiger partial charge in [-0.05, 0) is 25.3 Å². The van der Waals surface area contributed by atoms with Crippen LogP contribution in [0.5, 0.6) is 0 Å². The largest absolute Gasteiger partial charge is 0.481 e. The second kappa shape index (κ2) is 7.47. The van der Waals surface area contributed by atoms with E-state index in [1.165, 1.54) is 0 Å². The van der Waals surface area contributed by atoms with E-state index < -0.39 is 30.5 Å². The Morgan fingerprint density at radius 1 is 1.20 bits per heavy atom. The topological polar surface area (TPSA) is 78.4 Å². The molecule has 1 amide bonds. The van der Waals surface area contributed by atoms with Gasteiger partial charge in [-0.2, -0.15) is 13.2 Å². The molecular weight excluding hydrogens is 277 g/mol. The van der Waals surface area contributed by atoms with E-state index in [0.29, 0.717) is 13.0 Å². The van der Waals surface area contributed by atoms with Crippen molar-refractivity contribution in [3.63, 3.8) is 0 Å². The van der Waals surface area contributed by atoms with Crippen LogP contribution in [0.3, 0.4) is 0 Å². The van der Waals surface area contributed by atoms with Gasteiger partial charge in [-0.1, -0.05) is 12.8 Å². The summed E-state index contributed by atoms with van der Waals surface area (Å²) in [6.45, 7) is -1.26. The highest BCUT2D eigenvalue weighted by molar-refractivity contribution is 5.78. The summed E-state index contributed by atoms with van der Waals surface area (Å²) in [6.07, 6.45) is -1.24. The average Bonchev–Trinajstić information content (AvgIpc) is 2.36. The lowest BCUT2D eigenvalue weighted by Gasteiger charge is -2.28. The molecule has 0 radical (unpaired) electrons. The quantitative estimate of drug-likeness (QED) is 0.687. The molecule has 0 spiro atoms. The van der Waals surface area contributed by atoms with Gasteiger partial charge in [0.15, 0.2) is 0 Å². The van der Waals surface area contributed by atoms with Gasteiger partial charge in [-0.15, -0.1) is 0 Å². The number of carboxylic acid groups (broad SMARTS) is 1. The maximum atomic E-state index is 11.9. The first kappa shape index (κ1) is 16.7. The third-order valence-electron chi connectivity index (χ3n) is 3.40. The second-order valence-electron chi connectivity index (χ2n) is 5.01. The van der Waals surface area contributed by atoms with Crippen LogP contribution < -0.4 is 10.6 Å². The van der Waals surface area contributed by atoms with Crippen LogP contribution in [-0.2, 0) is 9.59 Å². The predicted octanol–water partition coefficient (Wildman–Crippen LogP) is 1.15. The summed E-state index contributed by atoms with van der Waals surface area (Å²) in [5.41, 5.74) is 0. The molecule has 3 N–H and O–H groups in total. The van der Waals surface area contributed by atoms with Crippen molar-refractivity contribution >= 4 is 11.9 Å². The van der Waals surface area contributed by atoms with Gasteiger partial charge >= 0.3 is 12.1 Å². The number of hydrogen-bond acceptors (Lipinski definition) is 3. The van der Waals surface area contributed by atoms with E-state index in [-0.39, 0.29) is 12.5 Å². The Morgan fingerprint density at radius 2 is 1.85 bits per heavy atom. The number of amides is 1. The van der Waals surface area contributed by atoms with Gasteiger partial charge in [-0.25, -0.2) is 0 Å². The lowest BCUT2D eigenvalue weighted by molar-refractivity contribution is -0.144. The molecule has 1 aliphatic rings. The van der Waals surface area contributed by atoms with Crippen LogP contribution in [0.2, 0.25) is 0 Å². The Bertz CT molecular complexity index is 347. The summed E-state index contributed by atoms with van der Waals surface area (Å²) in [5.74, 6) is -2.10. The van der Waals surface area contributed by atoms with Crippen molar-refractivity contribution < 1.29 is 27.9 Å². The monoisotopic (exact) mass is 296 g/mol. The number of carboxylic acids is 1. The van der Waals surface area contributed by atoms with Gasteiger partial charge in [0.2, 0.25) is 5.91 Å². The second-order valence-corrected chi connectivity index (χ2v) is 5.01. The summed E-state index contributed by atoms with van der Waals surface area (Å²) >= 11 is 0.